The van der Waals surface area contributed by atoms with Crippen molar-refractivity contribution in [3.05, 3.63) is 34.1 Å². The lowest BCUT2D eigenvalue weighted by atomic mass is 10.1. The molecular weight excluding hydrogens is 307 g/mol. The molecule has 1 aromatic carbocycles. The quantitative estimate of drug-likeness (QED) is 0.893. The van der Waals surface area contributed by atoms with E-state index in [-0.39, 0.29) is 11.7 Å². The van der Waals surface area contributed by atoms with Crippen LogP contribution in [0.15, 0.2) is 22.7 Å². The first kappa shape index (κ1) is 14.5. The third-order valence-corrected chi connectivity index (χ3v) is 4.35. The van der Waals surface area contributed by atoms with Gasteiger partial charge in [0.1, 0.15) is 11.1 Å². The highest BCUT2D eigenvalue weighted by Gasteiger charge is 2.22. The second-order valence-corrected chi connectivity index (χ2v) is 6.10. The summed E-state index contributed by atoms with van der Waals surface area (Å²) < 4.78 is 14.2. The van der Waals surface area contributed by atoms with E-state index < -0.39 is 11.2 Å². The van der Waals surface area contributed by atoms with Gasteiger partial charge in [-0.3, -0.25) is 4.79 Å². The van der Waals surface area contributed by atoms with Crippen LogP contribution in [0.5, 0.6) is 0 Å². The van der Waals surface area contributed by atoms with Crippen molar-refractivity contribution in [3.63, 3.8) is 0 Å². The van der Waals surface area contributed by atoms with Gasteiger partial charge in [-0.05, 0) is 29.7 Å². The minimum atomic E-state index is -0.847. The smallest absolute Gasteiger partial charge is 0.316 e. The van der Waals surface area contributed by atoms with Gasteiger partial charge in [0, 0.05) is 10.2 Å². The van der Waals surface area contributed by atoms with Crippen LogP contribution in [-0.2, 0) is 10.5 Å². The average molecular weight is 321 g/mol. The molecule has 0 radical (unpaired) electrons. The maximum Gasteiger partial charge on any atom is 0.316 e. The minimum absolute atomic E-state index is 0.0210. The lowest BCUT2D eigenvalue weighted by Gasteiger charge is -2.15. The fourth-order valence-electron chi connectivity index (χ4n) is 1.38. The van der Waals surface area contributed by atoms with Crippen molar-refractivity contribution in [3.8, 4) is 0 Å². The van der Waals surface area contributed by atoms with Crippen LogP contribution in [0.4, 0.5) is 4.39 Å². The molecule has 0 aromatic heterocycles. The topological polar surface area (TPSA) is 37.3 Å². The lowest BCUT2D eigenvalue weighted by molar-refractivity contribution is -0.137. The Labute approximate surface area is 113 Å². The molecule has 0 spiro atoms. The van der Waals surface area contributed by atoms with Gasteiger partial charge >= 0.3 is 5.97 Å². The van der Waals surface area contributed by atoms with Crippen LogP contribution in [0.1, 0.15) is 19.4 Å². The Morgan fingerprint density at radius 2 is 2.18 bits per heavy atom. The summed E-state index contributed by atoms with van der Waals surface area (Å²) in [5.74, 6) is -0.762. The molecular formula is C12H14BrFO2S. The van der Waals surface area contributed by atoms with Crippen molar-refractivity contribution in [1.82, 2.24) is 0 Å². The van der Waals surface area contributed by atoms with E-state index in [1.165, 1.54) is 17.8 Å². The highest BCUT2D eigenvalue weighted by atomic mass is 79.9. The first-order valence-electron chi connectivity index (χ1n) is 5.20. The summed E-state index contributed by atoms with van der Waals surface area (Å²) in [4.78, 5) is 11.0. The first-order valence-corrected chi connectivity index (χ1v) is 7.04. The number of rotatable bonds is 5. The molecule has 1 rings (SSSR count). The third-order valence-electron chi connectivity index (χ3n) is 2.28. The minimum Gasteiger partial charge on any atom is -0.480 e. The second kappa shape index (κ2) is 6.40. The molecule has 0 fully saturated rings. The summed E-state index contributed by atoms with van der Waals surface area (Å²) in [6.07, 6.45) is 0. The van der Waals surface area contributed by atoms with Gasteiger partial charge in [-0.15, -0.1) is 11.8 Å². The monoisotopic (exact) mass is 320 g/mol. The summed E-state index contributed by atoms with van der Waals surface area (Å²) in [6.45, 7) is 3.70. The van der Waals surface area contributed by atoms with Crippen molar-refractivity contribution in [2.24, 2.45) is 5.92 Å². The molecule has 94 valence electrons. The van der Waals surface area contributed by atoms with Gasteiger partial charge in [0.15, 0.2) is 0 Å². The lowest BCUT2D eigenvalue weighted by Crippen LogP contribution is -2.22. The molecule has 0 saturated carbocycles. The van der Waals surface area contributed by atoms with E-state index in [0.29, 0.717) is 11.3 Å². The van der Waals surface area contributed by atoms with E-state index in [4.69, 9.17) is 5.11 Å². The predicted octanol–water partition coefficient (Wildman–Crippen LogP) is 3.93. The summed E-state index contributed by atoms with van der Waals surface area (Å²) in [5, 5.41) is 8.52. The van der Waals surface area contributed by atoms with Gasteiger partial charge in [-0.1, -0.05) is 29.8 Å². The average Bonchev–Trinajstić information content (AvgIpc) is 2.22. The van der Waals surface area contributed by atoms with Crippen molar-refractivity contribution in [2.45, 2.75) is 24.9 Å². The van der Waals surface area contributed by atoms with E-state index in [1.807, 2.05) is 13.8 Å². The van der Waals surface area contributed by atoms with E-state index in [2.05, 4.69) is 15.9 Å². The van der Waals surface area contributed by atoms with Crippen LogP contribution in [0.25, 0.3) is 0 Å². The van der Waals surface area contributed by atoms with Gasteiger partial charge in [-0.25, -0.2) is 4.39 Å². The number of benzene rings is 1. The standard InChI is InChI=1S/C12H14BrFO2S/c1-7(2)11(12(15)16)17-6-8-5-9(13)3-4-10(8)14/h3-5,7,11H,6H2,1-2H3,(H,15,16). The largest absolute Gasteiger partial charge is 0.480 e. The Bertz CT molecular complexity index is 409. The number of hydrogen-bond donors (Lipinski definition) is 1. The number of hydrogen-bond acceptors (Lipinski definition) is 2. The van der Waals surface area contributed by atoms with E-state index >= 15 is 0 Å². The third kappa shape index (κ3) is 4.32. The van der Waals surface area contributed by atoms with Crippen molar-refractivity contribution < 1.29 is 14.3 Å². The first-order chi connectivity index (χ1) is 7.91. The Morgan fingerprint density at radius 3 is 2.71 bits per heavy atom. The second-order valence-electron chi connectivity index (χ2n) is 4.05. The Hall–Kier alpha value is -0.550. The zero-order valence-electron chi connectivity index (χ0n) is 9.61. The molecule has 0 bridgehead atoms. The zero-order valence-corrected chi connectivity index (χ0v) is 12.0. The molecule has 0 aliphatic carbocycles. The van der Waals surface area contributed by atoms with Crippen molar-refractivity contribution >= 4 is 33.7 Å². The van der Waals surface area contributed by atoms with Gasteiger partial charge in [0.25, 0.3) is 0 Å². The molecule has 0 heterocycles. The van der Waals surface area contributed by atoms with Crippen LogP contribution < -0.4 is 0 Å². The predicted molar refractivity (Wildman–Crippen MR) is 71.7 cm³/mol. The number of carboxylic acids is 1. The molecule has 0 amide bonds. The van der Waals surface area contributed by atoms with Gasteiger partial charge < -0.3 is 5.11 Å². The van der Waals surface area contributed by atoms with Crippen LogP contribution in [0.3, 0.4) is 0 Å². The summed E-state index contributed by atoms with van der Waals surface area (Å²) in [7, 11) is 0. The number of halogens is 2. The van der Waals surface area contributed by atoms with E-state index in [1.54, 1.807) is 12.1 Å². The molecule has 1 unspecified atom stereocenters. The normalized spacial score (nSPS) is 12.8. The van der Waals surface area contributed by atoms with Crippen LogP contribution >= 0.6 is 27.7 Å². The van der Waals surface area contributed by atoms with Crippen LogP contribution in [0, 0.1) is 11.7 Å². The molecule has 0 aliphatic heterocycles. The molecule has 1 aromatic rings. The molecule has 2 nitrogen and oxygen atoms in total. The Morgan fingerprint density at radius 1 is 1.53 bits per heavy atom. The van der Waals surface area contributed by atoms with Gasteiger partial charge in [0.05, 0.1) is 0 Å². The fraction of sp³-hybridized carbons (Fsp3) is 0.417. The SMILES string of the molecule is CC(C)C(SCc1cc(Br)ccc1F)C(=O)O. The highest BCUT2D eigenvalue weighted by molar-refractivity contribution is 9.10. The zero-order chi connectivity index (χ0) is 13.0. The number of aliphatic carboxylic acids is 1. The van der Waals surface area contributed by atoms with Crippen molar-refractivity contribution in [2.75, 3.05) is 0 Å². The van der Waals surface area contributed by atoms with Crippen LogP contribution in [-0.4, -0.2) is 16.3 Å². The molecule has 1 N–H and O–H groups in total. The van der Waals surface area contributed by atoms with Gasteiger partial charge in [-0.2, -0.15) is 0 Å². The molecule has 17 heavy (non-hydrogen) atoms. The molecule has 0 saturated heterocycles. The van der Waals surface area contributed by atoms with Crippen molar-refractivity contribution in [1.29, 1.82) is 0 Å². The molecule has 0 aliphatic rings. The van der Waals surface area contributed by atoms with Gasteiger partial charge in [0.2, 0.25) is 0 Å². The Kier molecular flexibility index (Phi) is 5.46. The maximum absolute atomic E-state index is 13.4. The number of carbonyl (C=O) groups is 1. The van der Waals surface area contributed by atoms with E-state index in [9.17, 15) is 9.18 Å². The highest BCUT2D eigenvalue weighted by Crippen LogP contribution is 2.26. The molecule has 5 heteroatoms. The fourth-order valence-corrected chi connectivity index (χ4v) is 2.90. The van der Waals surface area contributed by atoms with E-state index in [0.717, 1.165) is 4.47 Å². The Balaban J connectivity index is 2.72. The number of carboxylic acid groups (broad SMARTS) is 1. The summed E-state index contributed by atoms with van der Waals surface area (Å²) in [6, 6.07) is 4.69. The summed E-state index contributed by atoms with van der Waals surface area (Å²) >= 11 is 4.52. The summed E-state index contributed by atoms with van der Waals surface area (Å²) in [5.41, 5.74) is 0.524. The van der Waals surface area contributed by atoms with Crippen LogP contribution in [0.2, 0.25) is 0 Å². The maximum atomic E-state index is 13.4. The molecule has 1 atom stereocenters. The number of thioether (sulfide) groups is 1.